The molecule has 2 aromatic carbocycles. The molecule has 0 aliphatic heterocycles. The number of phenolic OH excluding ortho intramolecular Hbond substituents is 2. The number of phenols is 2. The summed E-state index contributed by atoms with van der Waals surface area (Å²) in [7, 11) is 0. The summed E-state index contributed by atoms with van der Waals surface area (Å²) in [6.45, 7) is 17.3. The van der Waals surface area contributed by atoms with Crippen molar-refractivity contribution in [3.63, 3.8) is 0 Å². The number of benzene rings is 2. The van der Waals surface area contributed by atoms with Crippen LogP contribution in [0.2, 0.25) is 0 Å². The van der Waals surface area contributed by atoms with Crippen molar-refractivity contribution in [3.8, 4) is 11.5 Å². The molecule has 31 heavy (non-hydrogen) atoms. The van der Waals surface area contributed by atoms with E-state index < -0.39 is 0 Å². The molecule has 1 aliphatic carbocycles. The van der Waals surface area contributed by atoms with Crippen molar-refractivity contribution in [1.29, 1.82) is 0 Å². The zero-order valence-electron chi connectivity index (χ0n) is 20.8. The fraction of sp³-hybridized carbons (Fsp3) is 0.586. The van der Waals surface area contributed by atoms with Gasteiger partial charge >= 0.3 is 0 Å². The molecule has 0 spiro atoms. The van der Waals surface area contributed by atoms with E-state index in [4.69, 9.17) is 0 Å². The van der Waals surface area contributed by atoms with E-state index in [0.29, 0.717) is 11.5 Å². The van der Waals surface area contributed by atoms with Gasteiger partial charge in [-0.15, -0.1) is 0 Å². The van der Waals surface area contributed by atoms with Crippen molar-refractivity contribution in [2.75, 3.05) is 0 Å². The standard InChI is InChI=1S/C29H42O2/c1-17(2)23-13-21(14-24(18(3)4)27(23)30)29(11-9-10-12-29)22-15-25(19(5)6)28(31)26(16-22)20(7)8/h13-20,30-31H,9-12H2,1-8H3. The lowest BCUT2D eigenvalue weighted by Crippen LogP contribution is -2.25. The van der Waals surface area contributed by atoms with Gasteiger partial charge < -0.3 is 10.2 Å². The number of aromatic hydroxyl groups is 2. The minimum atomic E-state index is -0.0536. The fourth-order valence-corrected chi connectivity index (χ4v) is 5.40. The largest absolute Gasteiger partial charge is 0.507 e. The second-order valence-electron chi connectivity index (χ2n) is 10.9. The van der Waals surface area contributed by atoms with Gasteiger partial charge in [-0.05, 0) is 69.9 Å². The molecule has 0 amide bonds. The number of hydrogen-bond donors (Lipinski definition) is 2. The van der Waals surface area contributed by atoms with E-state index in [0.717, 1.165) is 35.1 Å². The molecule has 2 aromatic rings. The van der Waals surface area contributed by atoms with Gasteiger partial charge in [-0.25, -0.2) is 0 Å². The summed E-state index contributed by atoms with van der Waals surface area (Å²) < 4.78 is 0. The highest BCUT2D eigenvalue weighted by molar-refractivity contribution is 5.55. The average molecular weight is 423 g/mol. The van der Waals surface area contributed by atoms with E-state index >= 15 is 0 Å². The molecule has 2 N–H and O–H groups in total. The first-order chi connectivity index (χ1) is 14.5. The number of rotatable bonds is 6. The molecular weight excluding hydrogens is 380 g/mol. The Morgan fingerprint density at radius 3 is 1.03 bits per heavy atom. The molecule has 0 saturated heterocycles. The maximum Gasteiger partial charge on any atom is 0.122 e. The minimum absolute atomic E-state index is 0.0536. The minimum Gasteiger partial charge on any atom is -0.507 e. The Labute approximate surface area is 189 Å². The Hall–Kier alpha value is -1.96. The summed E-state index contributed by atoms with van der Waals surface area (Å²) in [5.74, 6) is 2.03. The van der Waals surface area contributed by atoms with Crippen LogP contribution in [-0.2, 0) is 5.41 Å². The van der Waals surface area contributed by atoms with E-state index in [1.54, 1.807) is 0 Å². The van der Waals surface area contributed by atoms with Crippen LogP contribution in [0.1, 0.15) is 138 Å². The van der Waals surface area contributed by atoms with Crippen molar-refractivity contribution in [2.45, 2.75) is 110 Å². The highest BCUT2D eigenvalue weighted by Gasteiger charge is 2.39. The average Bonchev–Trinajstić information content (AvgIpc) is 3.18. The van der Waals surface area contributed by atoms with Gasteiger partial charge in [0.25, 0.3) is 0 Å². The summed E-state index contributed by atoms with van der Waals surface area (Å²) in [5, 5.41) is 22.0. The van der Waals surface area contributed by atoms with Crippen LogP contribution < -0.4 is 0 Å². The molecule has 0 heterocycles. The summed E-state index contributed by atoms with van der Waals surface area (Å²) in [4.78, 5) is 0. The van der Waals surface area contributed by atoms with Crippen LogP contribution in [0.5, 0.6) is 11.5 Å². The van der Waals surface area contributed by atoms with Crippen LogP contribution in [0, 0.1) is 0 Å². The van der Waals surface area contributed by atoms with E-state index in [1.807, 2.05) is 0 Å². The first kappa shape index (κ1) is 23.7. The Bertz CT molecular complexity index is 798. The molecule has 3 rings (SSSR count). The Balaban J connectivity index is 2.33. The van der Waals surface area contributed by atoms with Gasteiger partial charge in [0.15, 0.2) is 0 Å². The van der Waals surface area contributed by atoms with E-state index in [9.17, 15) is 10.2 Å². The lowest BCUT2D eigenvalue weighted by atomic mass is 9.70. The van der Waals surface area contributed by atoms with E-state index in [2.05, 4.69) is 79.7 Å². The molecule has 0 unspecified atom stereocenters. The molecule has 2 heteroatoms. The van der Waals surface area contributed by atoms with Gasteiger partial charge in [-0.1, -0.05) is 92.5 Å². The predicted molar refractivity (Wildman–Crippen MR) is 132 cm³/mol. The quantitative estimate of drug-likeness (QED) is 0.490. The second-order valence-corrected chi connectivity index (χ2v) is 10.9. The maximum atomic E-state index is 11.0. The Kier molecular flexibility index (Phi) is 6.79. The first-order valence-electron chi connectivity index (χ1n) is 12.2. The lowest BCUT2D eigenvalue weighted by Gasteiger charge is -2.34. The molecule has 170 valence electrons. The first-order valence-corrected chi connectivity index (χ1v) is 12.2. The molecule has 1 aliphatic rings. The topological polar surface area (TPSA) is 40.5 Å². The second kappa shape index (κ2) is 8.88. The molecule has 2 nitrogen and oxygen atoms in total. The Morgan fingerprint density at radius 1 is 0.548 bits per heavy atom. The zero-order chi connectivity index (χ0) is 23.1. The maximum absolute atomic E-state index is 11.0. The van der Waals surface area contributed by atoms with Crippen LogP contribution in [0.4, 0.5) is 0 Å². The van der Waals surface area contributed by atoms with Gasteiger partial charge in [-0.2, -0.15) is 0 Å². The predicted octanol–water partition coefficient (Wildman–Crippen LogP) is 8.45. The highest BCUT2D eigenvalue weighted by atomic mass is 16.3. The van der Waals surface area contributed by atoms with Gasteiger partial charge in [0.2, 0.25) is 0 Å². The smallest absolute Gasteiger partial charge is 0.122 e. The van der Waals surface area contributed by atoms with Crippen LogP contribution in [-0.4, -0.2) is 10.2 Å². The van der Waals surface area contributed by atoms with Crippen LogP contribution in [0.15, 0.2) is 24.3 Å². The summed E-state index contributed by atoms with van der Waals surface area (Å²) in [6, 6.07) is 9.09. The molecule has 1 fully saturated rings. The third-order valence-electron chi connectivity index (χ3n) is 7.39. The summed E-state index contributed by atoms with van der Waals surface area (Å²) >= 11 is 0. The number of hydrogen-bond acceptors (Lipinski definition) is 2. The van der Waals surface area contributed by atoms with Crippen LogP contribution in [0.25, 0.3) is 0 Å². The normalized spacial score (nSPS) is 16.3. The molecule has 0 radical (unpaired) electrons. The van der Waals surface area contributed by atoms with Crippen molar-refractivity contribution in [2.24, 2.45) is 0 Å². The van der Waals surface area contributed by atoms with Gasteiger partial charge in [0.05, 0.1) is 0 Å². The summed E-state index contributed by atoms with van der Waals surface area (Å²) in [5.41, 5.74) is 6.84. The van der Waals surface area contributed by atoms with Crippen LogP contribution >= 0.6 is 0 Å². The van der Waals surface area contributed by atoms with E-state index in [1.165, 1.54) is 24.0 Å². The van der Waals surface area contributed by atoms with Crippen molar-refractivity contribution < 1.29 is 10.2 Å². The Morgan fingerprint density at radius 2 is 0.806 bits per heavy atom. The molecule has 0 atom stereocenters. The lowest BCUT2D eigenvalue weighted by molar-refractivity contribution is 0.448. The highest BCUT2D eigenvalue weighted by Crippen LogP contribution is 2.51. The zero-order valence-corrected chi connectivity index (χ0v) is 20.8. The monoisotopic (exact) mass is 422 g/mol. The van der Waals surface area contributed by atoms with Gasteiger partial charge in [0.1, 0.15) is 11.5 Å². The van der Waals surface area contributed by atoms with E-state index in [-0.39, 0.29) is 29.1 Å². The SMILES string of the molecule is CC(C)c1cc(C2(c3cc(C(C)C)c(O)c(C(C)C)c3)CCCC2)cc(C(C)C)c1O. The fourth-order valence-electron chi connectivity index (χ4n) is 5.40. The van der Waals surface area contributed by atoms with Crippen molar-refractivity contribution in [1.82, 2.24) is 0 Å². The van der Waals surface area contributed by atoms with Crippen molar-refractivity contribution in [3.05, 3.63) is 57.6 Å². The molecular formula is C29H42O2. The summed E-state index contributed by atoms with van der Waals surface area (Å²) in [6.07, 6.45) is 4.66. The van der Waals surface area contributed by atoms with Gasteiger partial charge in [0, 0.05) is 5.41 Å². The van der Waals surface area contributed by atoms with Crippen molar-refractivity contribution >= 4 is 0 Å². The van der Waals surface area contributed by atoms with Crippen LogP contribution in [0.3, 0.4) is 0 Å². The van der Waals surface area contributed by atoms with Gasteiger partial charge in [-0.3, -0.25) is 0 Å². The molecule has 0 bridgehead atoms. The molecule has 1 saturated carbocycles. The third-order valence-corrected chi connectivity index (χ3v) is 7.39. The molecule has 0 aromatic heterocycles. The third kappa shape index (κ3) is 4.23.